The Balaban J connectivity index is 1.47. The average molecular weight is 411 g/mol. The lowest BCUT2D eigenvalue weighted by atomic mass is 10.1. The molecule has 27 heavy (non-hydrogen) atoms. The van der Waals surface area contributed by atoms with Gasteiger partial charge >= 0.3 is 5.97 Å². The minimum Gasteiger partial charge on any atom is -0.467 e. The minimum absolute atomic E-state index is 0.0458. The number of rotatable bonds is 6. The second-order valence-electron chi connectivity index (χ2n) is 6.03. The lowest BCUT2D eigenvalue weighted by Crippen LogP contribution is -2.28. The van der Waals surface area contributed by atoms with E-state index in [9.17, 15) is 14.4 Å². The van der Waals surface area contributed by atoms with Gasteiger partial charge in [-0.2, -0.15) is 0 Å². The van der Waals surface area contributed by atoms with E-state index in [-0.39, 0.29) is 23.9 Å². The molecule has 1 saturated heterocycles. The predicted octanol–water partition coefficient (Wildman–Crippen LogP) is 3.12. The second-order valence-corrected chi connectivity index (χ2v) is 6.88. The highest BCUT2D eigenvalue weighted by molar-refractivity contribution is 6.36. The SMILES string of the molecule is O=C(COC(=O)[C@@H]1CC(=O)N(Cc2ccco2)C1)Nc1ccc(Cl)cc1Cl. The van der Waals surface area contributed by atoms with Crippen LogP contribution in [0.3, 0.4) is 0 Å². The molecule has 1 N–H and O–H groups in total. The Bertz CT molecular complexity index is 853. The number of hydrogen-bond acceptors (Lipinski definition) is 5. The van der Waals surface area contributed by atoms with E-state index >= 15 is 0 Å². The molecule has 0 spiro atoms. The van der Waals surface area contributed by atoms with Gasteiger partial charge in [-0.3, -0.25) is 14.4 Å². The Hall–Kier alpha value is -2.51. The number of carbonyl (C=O) groups is 3. The third-order valence-electron chi connectivity index (χ3n) is 4.03. The maximum Gasteiger partial charge on any atom is 0.311 e. The number of anilines is 1. The third kappa shape index (κ3) is 5.02. The monoisotopic (exact) mass is 410 g/mol. The molecule has 0 saturated carbocycles. The third-order valence-corrected chi connectivity index (χ3v) is 4.57. The van der Waals surface area contributed by atoms with Crippen molar-refractivity contribution in [3.63, 3.8) is 0 Å². The fraction of sp³-hybridized carbons (Fsp3) is 0.278. The zero-order chi connectivity index (χ0) is 19.4. The summed E-state index contributed by atoms with van der Waals surface area (Å²) in [5.41, 5.74) is 0.364. The number of nitrogens with zero attached hydrogens (tertiary/aromatic N) is 1. The summed E-state index contributed by atoms with van der Waals surface area (Å²) in [6.45, 7) is 0.0504. The van der Waals surface area contributed by atoms with Crippen LogP contribution in [0.25, 0.3) is 0 Å². The lowest BCUT2D eigenvalue weighted by molar-refractivity contribution is -0.151. The highest BCUT2D eigenvalue weighted by atomic mass is 35.5. The molecule has 1 aromatic heterocycles. The first kappa shape index (κ1) is 19.3. The predicted molar refractivity (Wildman–Crippen MR) is 98.3 cm³/mol. The van der Waals surface area contributed by atoms with Crippen LogP contribution in [0.1, 0.15) is 12.2 Å². The number of ether oxygens (including phenoxy) is 1. The molecule has 1 atom stereocenters. The Labute approximate surface area is 165 Å². The van der Waals surface area contributed by atoms with E-state index in [1.165, 1.54) is 17.2 Å². The van der Waals surface area contributed by atoms with Crippen molar-refractivity contribution in [2.75, 3.05) is 18.5 Å². The van der Waals surface area contributed by atoms with Gasteiger partial charge in [-0.05, 0) is 30.3 Å². The first-order chi connectivity index (χ1) is 12.9. The first-order valence-electron chi connectivity index (χ1n) is 8.14. The van der Waals surface area contributed by atoms with Crippen LogP contribution in [0.15, 0.2) is 41.0 Å². The number of furan rings is 1. The number of amides is 2. The fourth-order valence-electron chi connectivity index (χ4n) is 2.71. The van der Waals surface area contributed by atoms with Gasteiger partial charge in [0.05, 0.1) is 29.4 Å². The minimum atomic E-state index is -0.612. The number of hydrogen-bond donors (Lipinski definition) is 1. The van der Waals surface area contributed by atoms with Crippen molar-refractivity contribution in [3.8, 4) is 0 Å². The Morgan fingerprint density at radius 2 is 2.11 bits per heavy atom. The molecular weight excluding hydrogens is 395 g/mol. The van der Waals surface area contributed by atoms with Gasteiger partial charge in [-0.15, -0.1) is 0 Å². The maximum atomic E-state index is 12.2. The van der Waals surface area contributed by atoms with Crippen LogP contribution in [0.5, 0.6) is 0 Å². The standard InChI is InChI=1S/C18H16Cl2N2O5/c19-12-3-4-15(14(20)7-12)21-16(23)10-27-18(25)11-6-17(24)22(8-11)9-13-2-1-5-26-13/h1-5,7,11H,6,8-10H2,(H,21,23)/t11-/m1/s1. The molecule has 2 amide bonds. The molecule has 3 rings (SSSR count). The molecule has 142 valence electrons. The van der Waals surface area contributed by atoms with Crippen LogP contribution >= 0.6 is 23.2 Å². The molecule has 0 bridgehead atoms. The molecule has 0 radical (unpaired) electrons. The number of halogens is 2. The molecule has 7 nitrogen and oxygen atoms in total. The van der Waals surface area contributed by atoms with Gasteiger partial charge in [-0.25, -0.2) is 0 Å². The molecule has 9 heteroatoms. The van der Waals surface area contributed by atoms with Gasteiger partial charge in [0.2, 0.25) is 5.91 Å². The molecule has 0 unspecified atom stereocenters. The zero-order valence-electron chi connectivity index (χ0n) is 14.1. The topological polar surface area (TPSA) is 88.9 Å². The van der Waals surface area contributed by atoms with Gasteiger partial charge in [0.15, 0.2) is 6.61 Å². The summed E-state index contributed by atoms with van der Waals surface area (Å²) in [5, 5.41) is 3.25. The summed E-state index contributed by atoms with van der Waals surface area (Å²) in [5.74, 6) is -1.27. The van der Waals surface area contributed by atoms with E-state index < -0.39 is 24.4 Å². The molecule has 1 aromatic carbocycles. The molecule has 1 aliphatic heterocycles. The van der Waals surface area contributed by atoms with E-state index in [0.29, 0.717) is 23.0 Å². The average Bonchev–Trinajstić information content (AvgIpc) is 3.26. The summed E-state index contributed by atoms with van der Waals surface area (Å²) >= 11 is 11.8. The van der Waals surface area contributed by atoms with Crippen molar-refractivity contribution in [2.45, 2.75) is 13.0 Å². The van der Waals surface area contributed by atoms with Crippen LogP contribution in [0.4, 0.5) is 5.69 Å². The van der Waals surface area contributed by atoms with Gasteiger partial charge in [0.25, 0.3) is 5.91 Å². The number of benzene rings is 1. The van der Waals surface area contributed by atoms with E-state index in [1.54, 1.807) is 24.3 Å². The smallest absolute Gasteiger partial charge is 0.311 e. The lowest BCUT2D eigenvalue weighted by Gasteiger charge is -2.14. The summed E-state index contributed by atoms with van der Waals surface area (Å²) in [7, 11) is 0. The second kappa shape index (κ2) is 8.45. The molecular formula is C18H16Cl2N2O5. The molecule has 1 aliphatic rings. The van der Waals surface area contributed by atoms with Crippen LogP contribution in [0, 0.1) is 5.92 Å². The summed E-state index contributed by atoms with van der Waals surface area (Å²) in [6, 6.07) is 8.10. The van der Waals surface area contributed by atoms with Crippen molar-refractivity contribution in [1.82, 2.24) is 4.90 Å². The quantitative estimate of drug-likeness (QED) is 0.738. The van der Waals surface area contributed by atoms with E-state index in [2.05, 4.69) is 5.32 Å². The first-order valence-corrected chi connectivity index (χ1v) is 8.89. The zero-order valence-corrected chi connectivity index (χ0v) is 15.6. The Morgan fingerprint density at radius 1 is 1.30 bits per heavy atom. The highest BCUT2D eigenvalue weighted by Crippen LogP contribution is 2.25. The summed E-state index contributed by atoms with van der Waals surface area (Å²) in [4.78, 5) is 37.7. The van der Waals surface area contributed by atoms with Gasteiger partial charge in [0.1, 0.15) is 5.76 Å². The van der Waals surface area contributed by atoms with Gasteiger partial charge in [0, 0.05) is 18.0 Å². The molecule has 2 aromatic rings. The fourth-order valence-corrected chi connectivity index (χ4v) is 3.16. The number of likely N-dealkylation sites (tertiary alicyclic amines) is 1. The highest BCUT2D eigenvalue weighted by Gasteiger charge is 2.35. The molecule has 0 aliphatic carbocycles. The Morgan fingerprint density at radius 3 is 2.81 bits per heavy atom. The number of nitrogens with one attached hydrogen (secondary N) is 1. The normalized spacial score (nSPS) is 16.4. The number of carbonyl (C=O) groups excluding carboxylic acids is 3. The van der Waals surface area contributed by atoms with Crippen LogP contribution in [-0.4, -0.2) is 35.8 Å². The van der Waals surface area contributed by atoms with E-state index in [4.69, 9.17) is 32.4 Å². The van der Waals surface area contributed by atoms with E-state index in [0.717, 1.165) is 0 Å². The van der Waals surface area contributed by atoms with E-state index in [1.807, 2.05) is 0 Å². The Kier molecular flexibility index (Phi) is 6.03. The largest absolute Gasteiger partial charge is 0.467 e. The van der Waals surface area contributed by atoms with Crippen molar-refractivity contribution in [3.05, 3.63) is 52.4 Å². The van der Waals surface area contributed by atoms with Crippen LogP contribution in [0.2, 0.25) is 10.0 Å². The van der Waals surface area contributed by atoms with Crippen molar-refractivity contribution in [2.24, 2.45) is 5.92 Å². The van der Waals surface area contributed by atoms with Crippen molar-refractivity contribution < 1.29 is 23.5 Å². The van der Waals surface area contributed by atoms with Crippen molar-refractivity contribution >= 4 is 46.7 Å². The summed E-state index contributed by atoms with van der Waals surface area (Å²) < 4.78 is 10.2. The van der Waals surface area contributed by atoms with Crippen LogP contribution < -0.4 is 5.32 Å². The summed E-state index contributed by atoms with van der Waals surface area (Å²) in [6.07, 6.45) is 1.57. The maximum absolute atomic E-state index is 12.2. The molecule has 1 fully saturated rings. The molecule has 2 heterocycles. The van der Waals surface area contributed by atoms with Crippen LogP contribution in [-0.2, 0) is 25.7 Å². The van der Waals surface area contributed by atoms with Gasteiger partial charge in [-0.1, -0.05) is 23.2 Å². The number of esters is 1. The van der Waals surface area contributed by atoms with Gasteiger partial charge < -0.3 is 19.4 Å². The van der Waals surface area contributed by atoms with Crippen molar-refractivity contribution in [1.29, 1.82) is 0 Å².